The Bertz CT molecular complexity index is 1120. The third kappa shape index (κ3) is 3.90. The number of nitrogens with zero attached hydrogens (tertiary/aromatic N) is 3. The van der Waals surface area contributed by atoms with Crippen molar-refractivity contribution in [3.8, 4) is 5.75 Å². The summed E-state index contributed by atoms with van der Waals surface area (Å²) in [6.07, 6.45) is 2.02. The molecule has 2 aromatic heterocycles. The standard InChI is InChI=1S/C17H20N5O6P/c18-17-20-15-14(16(24)21-17)19-9-22(15)13-6-10(12(13)7-23)8-27-29(25,26)28-11-4-2-1-3-5-11/h1-5,9-10,12-13,23H,6-8H2,(H,25,26)(H3,18,20,21,24)/t10-,12-,13-/m1/s1. The largest absolute Gasteiger partial charge is 0.527 e. The summed E-state index contributed by atoms with van der Waals surface area (Å²) in [7, 11) is -4.29. The number of phosphoric acid groups is 1. The van der Waals surface area contributed by atoms with Crippen LogP contribution in [0.25, 0.3) is 11.2 Å². The summed E-state index contributed by atoms with van der Waals surface area (Å²) in [5.41, 5.74) is 5.66. The van der Waals surface area contributed by atoms with Gasteiger partial charge >= 0.3 is 7.82 Å². The number of nitrogens with one attached hydrogen (secondary N) is 1. The molecule has 1 aliphatic rings. The fourth-order valence-corrected chi connectivity index (χ4v) is 4.40. The third-order valence-electron chi connectivity index (χ3n) is 5.08. The summed E-state index contributed by atoms with van der Waals surface area (Å²) in [5.74, 6) is -0.251. The van der Waals surface area contributed by atoms with Crippen molar-refractivity contribution in [1.82, 2.24) is 19.5 Å². The summed E-state index contributed by atoms with van der Waals surface area (Å²) in [5, 5.41) is 9.81. The van der Waals surface area contributed by atoms with Gasteiger partial charge in [0.15, 0.2) is 11.2 Å². The minimum Gasteiger partial charge on any atom is -0.404 e. The molecular weight excluding hydrogens is 401 g/mol. The van der Waals surface area contributed by atoms with E-state index in [-0.39, 0.29) is 48.3 Å². The number of nitrogens with two attached hydrogens (primary N) is 1. The van der Waals surface area contributed by atoms with Gasteiger partial charge < -0.3 is 19.9 Å². The van der Waals surface area contributed by atoms with Crippen molar-refractivity contribution in [3.05, 3.63) is 47.0 Å². The Morgan fingerprint density at radius 1 is 1.34 bits per heavy atom. The molecule has 0 bridgehead atoms. The van der Waals surface area contributed by atoms with Crippen molar-refractivity contribution in [2.45, 2.75) is 12.5 Å². The molecular formula is C17H20N5O6P. The molecule has 4 rings (SSSR count). The number of rotatable bonds is 7. The Hall–Kier alpha value is -2.72. The molecule has 1 fully saturated rings. The van der Waals surface area contributed by atoms with Crippen LogP contribution in [0.4, 0.5) is 5.95 Å². The van der Waals surface area contributed by atoms with Gasteiger partial charge in [0.2, 0.25) is 5.95 Å². The quantitative estimate of drug-likeness (QED) is 0.408. The summed E-state index contributed by atoms with van der Waals surface area (Å²) in [4.78, 5) is 32.4. The molecule has 1 unspecified atom stereocenters. The molecule has 11 nitrogen and oxygen atoms in total. The van der Waals surface area contributed by atoms with E-state index in [1.165, 1.54) is 6.33 Å². The Morgan fingerprint density at radius 2 is 2.10 bits per heavy atom. The number of nitrogen functional groups attached to an aromatic ring is 1. The van der Waals surface area contributed by atoms with Gasteiger partial charge in [0.05, 0.1) is 12.9 Å². The lowest BCUT2D eigenvalue weighted by Gasteiger charge is -2.44. The normalized spacial score (nSPS) is 23.4. The Labute approximate surface area is 164 Å². The van der Waals surface area contributed by atoms with Crippen LogP contribution >= 0.6 is 7.82 Å². The molecule has 29 heavy (non-hydrogen) atoms. The number of H-pyrrole nitrogens is 1. The predicted octanol–water partition coefficient (Wildman–Crippen LogP) is 1.07. The average molecular weight is 421 g/mol. The van der Waals surface area contributed by atoms with Gasteiger partial charge in [-0.2, -0.15) is 4.98 Å². The van der Waals surface area contributed by atoms with E-state index >= 15 is 0 Å². The summed E-state index contributed by atoms with van der Waals surface area (Å²) < 4.78 is 24.0. The molecule has 1 aromatic carbocycles. The zero-order chi connectivity index (χ0) is 20.6. The molecule has 12 heteroatoms. The minimum atomic E-state index is -4.29. The van der Waals surface area contributed by atoms with Gasteiger partial charge in [-0.25, -0.2) is 9.55 Å². The molecule has 0 aliphatic heterocycles. The molecule has 4 atom stereocenters. The number of aliphatic hydroxyl groups excluding tert-OH is 1. The summed E-state index contributed by atoms with van der Waals surface area (Å²) in [6, 6.07) is 8.01. The van der Waals surface area contributed by atoms with Crippen molar-refractivity contribution in [2.75, 3.05) is 18.9 Å². The number of hydrogen-bond acceptors (Lipinski definition) is 8. The number of phosphoric ester groups is 1. The topological polar surface area (TPSA) is 166 Å². The molecule has 5 N–H and O–H groups in total. The van der Waals surface area contributed by atoms with Gasteiger partial charge in [-0.1, -0.05) is 18.2 Å². The van der Waals surface area contributed by atoms with Gasteiger partial charge in [0.25, 0.3) is 5.56 Å². The molecule has 0 saturated heterocycles. The molecule has 1 aliphatic carbocycles. The predicted molar refractivity (Wildman–Crippen MR) is 103 cm³/mol. The van der Waals surface area contributed by atoms with Crippen LogP contribution in [0.5, 0.6) is 5.75 Å². The Balaban J connectivity index is 1.44. The van der Waals surface area contributed by atoms with Crippen LogP contribution in [0.15, 0.2) is 41.5 Å². The van der Waals surface area contributed by atoms with Gasteiger partial charge in [-0.15, -0.1) is 0 Å². The molecule has 3 aromatic rings. The second-order valence-corrected chi connectivity index (χ2v) is 8.23. The van der Waals surface area contributed by atoms with Gasteiger partial charge in [0, 0.05) is 18.6 Å². The zero-order valence-corrected chi connectivity index (χ0v) is 16.1. The van der Waals surface area contributed by atoms with Crippen molar-refractivity contribution in [3.63, 3.8) is 0 Å². The van der Waals surface area contributed by atoms with E-state index in [2.05, 4.69) is 15.0 Å². The number of aliphatic hydroxyl groups is 1. The van der Waals surface area contributed by atoms with Crippen LogP contribution in [-0.2, 0) is 9.09 Å². The molecule has 0 amide bonds. The number of aromatic nitrogens is 4. The smallest absolute Gasteiger partial charge is 0.404 e. The minimum absolute atomic E-state index is 0.0247. The van der Waals surface area contributed by atoms with E-state index in [1.807, 2.05) is 0 Å². The lowest BCUT2D eigenvalue weighted by atomic mass is 9.70. The number of hydrogen-bond donors (Lipinski definition) is 4. The van der Waals surface area contributed by atoms with Crippen LogP contribution in [0.1, 0.15) is 12.5 Å². The van der Waals surface area contributed by atoms with Crippen molar-refractivity contribution in [2.24, 2.45) is 11.8 Å². The maximum atomic E-state index is 12.2. The maximum absolute atomic E-state index is 12.2. The third-order valence-corrected chi connectivity index (χ3v) is 6.00. The van der Waals surface area contributed by atoms with Crippen LogP contribution in [0.2, 0.25) is 0 Å². The number of anilines is 1. The lowest BCUT2D eigenvalue weighted by Crippen LogP contribution is -2.43. The van der Waals surface area contributed by atoms with Crippen LogP contribution in [-0.4, -0.2) is 42.7 Å². The fraction of sp³-hybridized carbons (Fsp3) is 0.353. The van der Waals surface area contributed by atoms with E-state index in [4.69, 9.17) is 14.8 Å². The first kappa shape index (κ1) is 19.6. The number of imidazole rings is 1. The van der Waals surface area contributed by atoms with Gasteiger partial charge in [0.1, 0.15) is 5.75 Å². The Morgan fingerprint density at radius 3 is 2.83 bits per heavy atom. The van der Waals surface area contributed by atoms with E-state index < -0.39 is 13.4 Å². The molecule has 1 saturated carbocycles. The fourth-order valence-electron chi connectivity index (χ4n) is 3.58. The summed E-state index contributed by atoms with van der Waals surface area (Å²) in [6.45, 7) is -0.239. The van der Waals surface area contributed by atoms with E-state index in [0.29, 0.717) is 12.1 Å². The first-order chi connectivity index (χ1) is 13.9. The maximum Gasteiger partial charge on any atom is 0.527 e. The van der Waals surface area contributed by atoms with Crippen LogP contribution in [0.3, 0.4) is 0 Å². The number of benzene rings is 1. The number of para-hydroxylation sites is 1. The average Bonchev–Trinajstić information content (AvgIpc) is 3.05. The highest BCUT2D eigenvalue weighted by Gasteiger charge is 2.44. The highest BCUT2D eigenvalue weighted by Crippen LogP contribution is 2.49. The van der Waals surface area contributed by atoms with Crippen molar-refractivity contribution >= 4 is 24.9 Å². The summed E-state index contributed by atoms with van der Waals surface area (Å²) >= 11 is 0. The monoisotopic (exact) mass is 421 g/mol. The second-order valence-electron chi connectivity index (χ2n) is 6.85. The van der Waals surface area contributed by atoms with Crippen molar-refractivity contribution in [1.29, 1.82) is 0 Å². The van der Waals surface area contributed by atoms with E-state index in [9.17, 15) is 19.4 Å². The Kier molecular flexibility index (Phi) is 5.13. The van der Waals surface area contributed by atoms with Gasteiger partial charge in [-0.05, 0) is 24.5 Å². The van der Waals surface area contributed by atoms with Crippen LogP contribution in [0, 0.1) is 11.8 Å². The second kappa shape index (κ2) is 7.60. The highest BCUT2D eigenvalue weighted by molar-refractivity contribution is 7.47. The van der Waals surface area contributed by atoms with E-state index in [0.717, 1.165) is 0 Å². The first-order valence-corrected chi connectivity index (χ1v) is 10.4. The number of fused-ring (bicyclic) bond motifs is 1. The molecule has 2 heterocycles. The lowest BCUT2D eigenvalue weighted by molar-refractivity contribution is -0.00487. The molecule has 154 valence electrons. The van der Waals surface area contributed by atoms with Gasteiger partial charge in [-0.3, -0.25) is 19.2 Å². The zero-order valence-electron chi connectivity index (χ0n) is 15.2. The molecule has 0 spiro atoms. The first-order valence-electron chi connectivity index (χ1n) is 8.93. The SMILES string of the molecule is Nc1nc2c(ncn2[C@@H]2C[C@H](COP(=O)(O)Oc3ccccc3)[C@H]2CO)c(=O)[nH]1. The molecule has 0 radical (unpaired) electrons. The van der Waals surface area contributed by atoms with E-state index in [1.54, 1.807) is 34.9 Å². The number of aromatic amines is 1. The highest BCUT2D eigenvalue weighted by atomic mass is 31.2. The van der Waals surface area contributed by atoms with Crippen molar-refractivity contribution < 1.29 is 23.6 Å². The van der Waals surface area contributed by atoms with Crippen LogP contribution < -0.4 is 15.8 Å².